The van der Waals surface area contributed by atoms with Gasteiger partial charge in [0.05, 0.1) is 5.60 Å². The van der Waals surface area contributed by atoms with Crippen molar-refractivity contribution in [1.29, 1.82) is 0 Å². The summed E-state index contributed by atoms with van der Waals surface area (Å²) in [5.41, 5.74) is -0.553. The van der Waals surface area contributed by atoms with Crippen molar-refractivity contribution in [2.75, 3.05) is 34.7 Å². The van der Waals surface area contributed by atoms with Crippen molar-refractivity contribution >= 4 is 53.2 Å². The van der Waals surface area contributed by atoms with E-state index in [2.05, 4.69) is 16.0 Å². The molecule has 2 aliphatic rings. The smallest absolute Gasteiger partial charge is 0.332 e. The first kappa shape index (κ1) is 64.2. The Bertz CT molecular complexity index is 2410. The maximum Gasteiger partial charge on any atom is 0.332 e. The largest absolute Gasteiger partial charge is 0.450 e. The van der Waals surface area contributed by atoms with Crippen LogP contribution in [0.2, 0.25) is 0 Å². The van der Waals surface area contributed by atoms with Crippen molar-refractivity contribution in [3.05, 3.63) is 71.8 Å². The highest BCUT2D eigenvalue weighted by Crippen LogP contribution is 2.27. The van der Waals surface area contributed by atoms with Crippen LogP contribution in [0.25, 0.3) is 0 Å². The van der Waals surface area contributed by atoms with Gasteiger partial charge in [-0.15, -0.1) is 0 Å². The van der Waals surface area contributed by atoms with Crippen LogP contribution in [0.15, 0.2) is 60.7 Å². The predicted molar refractivity (Wildman–Crippen MR) is 297 cm³/mol. The summed E-state index contributed by atoms with van der Waals surface area (Å²) >= 11 is 0. The van der Waals surface area contributed by atoms with E-state index >= 15 is 9.59 Å². The van der Waals surface area contributed by atoms with Crippen LogP contribution in [-0.2, 0) is 60.7 Å². The van der Waals surface area contributed by atoms with Crippen LogP contribution in [0.4, 0.5) is 0 Å². The molecule has 19 nitrogen and oxygen atoms in total. The average molecular weight is 1090 g/mol. The Hall–Kier alpha value is -6.37. The van der Waals surface area contributed by atoms with Gasteiger partial charge in [-0.3, -0.25) is 38.4 Å². The van der Waals surface area contributed by atoms with Crippen molar-refractivity contribution in [3.8, 4) is 0 Å². The third-order valence-electron chi connectivity index (χ3n) is 15.3. The average Bonchev–Trinajstić information content (AvgIpc) is 3.87. The molecule has 0 saturated carbocycles. The fourth-order valence-corrected chi connectivity index (χ4v) is 10.8. The van der Waals surface area contributed by atoms with E-state index in [1.807, 2.05) is 50.2 Å². The number of hydrogen-bond acceptors (Lipinski definition) is 11. The van der Waals surface area contributed by atoms with Crippen molar-refractivity contribution in [2.45, 2.75) is 182 Å². The summed E-state index contributed by atoms with van der Waals surface area (Å²) < 4.78 is 6.08. The lowest BCUT2D eigenvalue weighted by Gasteiger charge is -2.39. The van der Waals surface area contributed by atoms with E-state index in [4.69, 9.17) is 4.74 Å². The van der Waals surface area contributed by atoms with Gasteiger partial charge in [0, 0.05) is 53.5 Å². The van der Waals surface area contributed by atoms with Gasteiger partial charge in [0.15, 0.2) is 12.1 Å². The number of fused-ring (bicyclic) bond motifs is 1. The van der Waals surface area contributed by atoms with E-state index in [0.29, 0.717) is 18.4 Å². The monoisotopic (exact) mass is 1090 g/mol. The lowest BCUT2D eigenvalue weighted by atomic mass is 9.94. The second kappa shape index (κ2) is 28.0. The molecule has 0 aliphatic carbocycles. The van der Waals surface area contributed by atoms with E-state index < -0.39 is 137 Å². The number of nitrogens with one attached hydrogen (secondary N) is 3. The van der Waals surface area contributed by atoms with Crippen LogP contribution in [0.3, 0.4) is 0 Å². The van der Waals surface area contributed by atoms with E-state index in [0.717, 1.165) is 10.5 Å². The second-order valence-electron chi connectivity index (χ2n) is 23.5. The molecule has 4 rings (SSSR count). The van der Waals surface area contributed by atoms with Crippen molar-refractivity contribution in [2.24, 2.45) is 29.6 Å². The zero-order chi connectivity index (χ0) is 58.7. The Morgan fingerprint density at radius 2 is 1.08 bits per heavy atom. The molecule has 2 fully saturated rings. The number of nitrogens with zero attached hydrogens (tertiary/aromatic N) is 5. The number of cyclic esters (lactones) is 1. The molecule has 8 amide bonds. The Morgan fingerprint density at radius 3 is 1.55 bits per heavy atom. The van der Waals surface area contributed by atoms with Crippen molar-refractivity contribution in [3.63, 3.8) is 0 Å². The lowest BCUT2D eigenvalue weighted by molar-refractivity contribution is -0.177. The predicted octanol–water partition coefficient (Wildman–Crippen LogP) is 3.98. The zero-order valence-corrected chi connectivity index (χ0v) is 49.1. The first-order valence-electron chi connectivity index (χ1n) is 27.7. The lowest BCUT2D eigenvalue weighted by Crippen LogP contribution is -2.63. The Labute approximate surface area is 462 Å². The first-order valence-corrected chi connectivity index (χ1v) is 27.7. The molecular formula is C59H90N8O11. The van der Waals surface area contributed by atoms with Crippen molar-refractivity contribution in [1.82, 2.24) is 40.4 Å². The summed E-state index contributed by atoms with van der Waals surface area (Å²) in [5.74, 6) is -8.74. The molecule has 2 heterocycles. The standard InChI is InChI=1S/C59H90N8O11/c1-17-38(10)48-57(75)65(15)47(37(8)9)52(70)61-42(32-39-25-20-18-21-26-39)53(71)63(13)44(33-40-27-22-19-23-28-40)55(73)67-30-24-29-43(67)50(68)62-45(35(4)5)56(74)64(14)46(36(6)7)51(69)60-41(31-34(2)3)54(72)66(16)49(58(76)78-48)59(11,12)77/h18-23,25-28,34-38,41-49,77H,17,24,29-33H2,1-16H3,(H,60,69)(H,61,70)(H,62,68). The fourth-order valence-electron chi connectivity index (χ4n) is 10.8. The third-order valence-corrected chi connectivity index (χ3v) is 15.3. The van der Waals surface area contributed by atoms with E-state index in [1.165, 1.54) is 61.6 Å². The van der Waals surface area contributed by atoms with E-state index in [9.17, 15) is 38.7 Å². The minimum Gasteiger partial charge on any atom is -0.450 e. The summed E-state index contributed by atoms with van der Waals surface area (Å²) in [4.78, 5) is 140. The molecule has 0 aromatic heterocycles. The SMILES string of the molecule is CCC(C)C1OC(=O)C(C(C)(C)O)N(C)C(=O)C(CC(C)C)NC(=O)C(C(C)C)N(C)C(=O)C(C(C)C)NC(=O)C2CCCN2C(=O)C(Cc2ccccc2)N(C)C(=O)C(Cc2ccccc2)NC(=O)C(C(C)C)N(C)C1=O. The molecule has 2 saturated heterocycles. The number of ether oxygens (including phenoxy) is 1. The number of benzene rings is 2. The van der Waals surface area contributed by atoms with Crippen LogP contribution in [0, 0.1) is 29.6 Å². The molecule has 2 aromatic rings. The highest BCUT2D eigenvalue weighted by molar-refractivity contribution is 5.99. The number of carbonyl (C=O) groups excluding carboxylic acids is 9. The van der Waals surface area contributed by atoms with Crippen LogP contribution in [0.1, 0.15) is 120 Å². The van der Waals surface area contributed by atoms with Gasteiger partial charge in [-0.25, -0.2) is 4.79 Å². The third kappa shape index (κ3) is 15.9. The number of carbonyl (C=O) groups is 9. The summed E-state index contributed by atoms with van der Waals surface area (Å²) in [7, 11) is 5.65. The minimum absolute atomic E-state index is 0.00717. The van der Waals surface area contributed by atoms with Crippen molar-refractivity contribution < 1.29 is 53.0 Å². The van der Waals surface area contributed by atoms with Gasteiger partial charge < -0.3 is 50.3 Å². The van der Waals surface area contributed by atoms with Crippen LogP contribution >= 0.6 is 0 Å². The molecule has 2 aliphatic heterocycles. The Morgan fingerprint density at radius 1 is 0.590 bits per heavy atom. The second-order valence-corrected chi connectivity index (χ2v) is 23.5. The van der Waals surface area contributed by atoms with E-state index in [-0.39, 0.29) is 38.1 Å². The number of esters is 1. The number of likely N-dealkylation sites (N-methyl/N-ethyl adjacent to an activating group) is 4. The maximum absolute atomic E-state index is 15.2. The molecule has 10 atom stereocenters. The first-order chi connectivity index (χ1) is 36.4. The summed E-state index contributed by atoms with van der Waals surface area (Å²) in [6, 6.07) is 8.07. The quantitative estimate of drug-likeness (QED) is 0.222. The Balaban J connectivity index is 1.96. The van der Waals surface area contributed by atoms with E-state index in [1.54, 1.807) is 79.7 Å². The normalized spacial score (nSPS) is 26.3. The molecule has 2 aromatic carbocycles. The maximum atomic E-state index is 15.2. The molecule has 4 N–H and O–H groups in total. The highest BCUT2D eigenvalue weighted by atomic mass is 16.6. The van der Waals surface area contributed by atoms with Gasteiger partial charge in [0.1, 0.15) is 42.3 Å². The molecule has 0 spiro atoms. The minimum atomic E-state index is -1.97. The van der Waals surface area contributed by atoms with Gasteiger partial charge in [-0.05, 0) is 74.3 Å². The molecule has 19 heteroatoms. The molecule has 0 radical (unpaired) electrons. The van der Waals surface area contributed by atoms with Gasteiger partial charge in [0.25, 0.3) is 5.91 Å². The topological polar surface area (TPSA) is 235 Å². The highest BCUT2D eigenvalue weighted by Gasteiger charge is 2.48. The number of aliphatic hydroxyl groups is 1. The fraction of sp³-hybridized carbons (Fsp3) is 0.644. The van der Waals surface area contributed by atoms with Gasteiger partial charge in [-0.1, -0.05) is 130 Å². The Kier molecular flexibility index (Phi) is 23.0. The molecule has 0 bridgehead atoms. The van der Waals surface area contributed by atoms with Crippen LogP contribution in [-0.4, -0.2) is 178 Å². The number of amides is 8. The molecule has 10 unspecified atom stereocenters. The zero-order valence-electron chi connectivity index (χ0n) is 49.1. The summed E-state index contributed by atoms with van der Waals surface area (Å²) in [6.07, 6.45) is -0.355. The molecule has 432 valence electrons. The summed E-state index contributed by atoms with van der Waals surface area (Å²) in [6.45, 7) is 20.4. The molecular weight excluding hydrogens is 997 g/mol. The van der Waals surface area contributed by atoms with Crippen LogP contribution in [0.5, 0.6) is 0 Å². The van der Waals surface area contributed by atoms with Gasteiger partial charge >= 0.3 is 5.97 Å². The van der Waals surface area contributed by atoms with Gasteiger partial charge in [-0.2, -0.15) is 0 Å². The van der Waals surface area contributed by atoms with Gasteiger partial charge in [0.2, 0.25) is 41.4 Å². The number of rotatable bonds is 12. The number of hydrogen-bond donors (Lipinski definition) is 4. The summed E-state index contributed by atoms with van der Waals surface area (Å²) in [5, 5.41) is 20.4. The molecule has 78 heavy (non-hydrogen) atoms. The van der Waals surface area contributed by atoms with Crippen LogP contribution < -0.4 is 16.0 Å².